The second kappa shape index (κ2) is 7.74. The molecule has 2 aromatic heterocycles. The molecule has 1 saturated heterocycles. The van der Waals surface area contributed by atoms with Crippen LogP contribution in [0.1, 0.15) is 13.8 Å². The lowest BCUT2D eigenvalue weighted by Crippen LogP contribution is -2.43. The van der Waals surface area contributed by atoms with Crippen molar-refractivity contribution in [3.63, 3.8) is 0 Å². The molecule has 1 aliphatic heterocycles. The van der Waals surface area contributed by atoms with Crippen LogP contribution in [0.2, 0.25) is 0 Å². The van der Waals surface area contributed by atoms with Gasteiger partial charge in [-0.1, -0.05) is 11.2 Å². The molecule has 142 valence electrons. The summed E-state index contributed by atoms with van der Waals surface area (Å²) in [6, 6.07) is 0. The van der Waals surface area contributed by atoms with Crippen LogP contribution in [0.15, 0.2) is 6.33 Å². The zero-order valence-corrected chi connectivity index (χ0v) is 15.7. The Kier molecular flexibility index (Phi) is 5.61. The highest BCUT2D eigenvalue weighted by Gasteiger charge is 2.28. The third-order valence-corrected chi connectivity index (χ3v) is 5.40. The molecule has 3 rings (SSSR count). The summed E-state index contributed by atoms with van der Waals surface area (Å²) in [5.41, 5.74) is 0.886. The highest BCUT2D eigenvalue weighted by molar-refractivity contribution is 7.91. The number of aliphatic hydroxyl groups excluding tert-OH is 2. The number of hydrogen-bond donors (Lipinski definition) is 2. The molecule has 2 atom stereocenters. The fraction of sp³-hybridized carbons (Fsp3) is 0.600. The first-order valence-corrected chi connectivity index (χ1v) is 9.72. The molecule has 0 bridgehead atoms. The molecular weight excluding hydrogens is 360 g/mol. The van der Waals surface area contributed by atoms with Gasteiger partial charge >= 0.3 is 0 Å². The average molecular weight is 382 g/mol. The topological polar surface area (TPSA) is 131 Å². The van der Waals surface area contributed by atoms with Crippen LogP contribution >= 0.6 is 0 Å². The summed E-state index contributed by atoms with van der Waals surface area (Å²) < 4.78 is 17.0. The molecule has 26 heavy (non-hydrogen) atoms. The first-order valence-electron chi connectivity index (χ1n) is 8.23. The third kappa shape index (κ3) is 3.61. The van der Waals surface area contributed by atoms with Crippen molar-refractivity contribution in [3.05, 3.63) is 6.33 Å². The maximum absolute atomic E-state index is 11.7. The van der Waals surface area contributed by atoms with Gasteiger partial charge in [-0.15, -0.1) is 0 Å². The number of aromatic nitrogens is 4. The van der Waals surface area contributed by atoms with Gasteiger partial charge in [0, 0.05) is 0 Å². The van der Waals surface area contributed by atoms with Gasteiger partial charge in [-0.3, -0.25) is 4.90 Å². The monoisotopic (exact) mass is 382 g/mol. The van der Waals surface area contributed by atoms with Crippen LogP contribution in [-0.2, 0) is 11.2 Å². The first kappa shape index (κ1) is 18.8. The molecule has 2 N–H and O–H groups in total. The summed E-state index contributed by atoms with van der Waals surface area (Å²) in [5.74, 6) is 2.03. The Morgan fingerprint density at radius 3 is 2.38 bits per heavy atom. The van der Waals surface area contributed by atoms with Crippen molar-refractivity contribution in [3.8, 4) is 5.88 Å². The molecule has 0 spiro atoms. The van der Waals surface area contributed by atoms with Crippen molar-refractivity contribution in [2.24, 2.45) is 0 Å². The molecule has 1 aliphatic rings. The normalized spacial score (nSPS) is 18.0. The zero-order valence-electron chi connectivity index (χ0n) is 14.9. The van der Waals surface area contributed by atoms with Crippen LogP contribution in [0, 0.1) is 0 Å². The minimum Gasteiger partial charge on any atom is -0.616 e. The van der Waals surface area contributed by atoms with E-state index in [1.165, 1.54) is 32.2 Å². The van der Waals surface area contributed by atoms with Gasteiger partial charge in [0.15, 0.2) is 11.3 Å². The molecule has 0 aliphatic carbocycles. The molecule has 0 radical (unpaired) electrons. The maximum Gasteiger partial charge on any atom is 0.243 e. The lowest BCUT2D eigenvalue weighted by atomic mass is 10.3. The van der Waals surface area contributed by atoms with Gasteiger partial charge in [0.05, 0.1) is 20.2 Å². The van der Waals surface area contributed by atoms with Gasteiger partial charge < -0.3 is 24.4 Å². The fourth-order valence-electron chi connectivity index (χ4n) is 2.88. The first-order chi connectivity index (χ1) is 12.4. The SMILES string of the molecule is COc1ncnc2c(N3CC[S+]([O-])CC3)nc(N(C(C)O)C(C)O)nc12. The molecule has 11 heteroatoms. The Balaban J connectivity index is 2.18. The van der Waals surface area contributed by atoms with E-state index in [0.717, 1.165) is 0 Å². The minimum absolute atomic E-state index is 0.136. The number of rotatable bonds is 5. The third-order valence-electron chi connectivity index (χ3n) is 4.12. The Bertz CT molecular complexity index is 761. The molecule has 0 amide bonds. The van der Waals surface area contributed by atoms with E-state index in [-0.39, 0.29) is 11.8 Å². The molecule has 0 aromatic carbocycles. The van der Waals surface area contributed by atoms with E-state index in [0.29, 0.717) is 41.4 Å². The Morgan fingerprint density at radius 1 is 1.15 bits per heavy atom. The zero-order chi connectivity index (χ0) is 18.8. The Morgan fingerprint density at radius 2 is 1.81 bits per heavy atom. The fourth-order valence-corrected chi connectivity index (χ4v) is 3.93. The number of ether oxygens (including phenoxy) is 1. The quantitative estimate of drug-likeness (QED) is 0.514. The van der Waals surface area contributed by atoms with E-state index < -0.39 is 23.6 Å². The van der Waals surface area contributed by atoms with Gasteiger partial charge in [0.25, 0.3) is 0 Å². The van der Waals surface area contributed by atoms with Gasteiger partial charge in [-0.2, -0.15) is 9.97 Å². The van der Waals surface area contributed by atoms with E-state index in [4.69, 9.17) is 4.74 Å². The molecule has 2 aromatic rings. The van der Waals surface area contributed by atoms with Crippen molar-refractivity contribution < 1.29 is 19.5 Å². The van der Waals surface area contributed by atoms with Crippen molar-refractivity contribution in [1.29, 1.82) is 0 Å². The predicted molar refractivity (Wildman–Crippen MR) is 97.6 cm³/mol. The van der Waals surface area contributed by atoms with Crippen LogP contribution in [0.5, 0.6) is 5.88 Å². The van der Waals surface area contributed by atoms with Gasteiger partial charge in [-0.25, -0.2) is 9.97 Å². The summed E-state index contributed by atoms with van der Waals surface area (Å²) in [6.45, 7) is 4.16. The number of fused-ring (bicyclic) bond motifs is 1. The maximum atomic E-state index is 11.7. The van der Waals surface area contributed by atoms with Crippen LogP contribution in [0.4, 0.5) is 11.8 Å². The minimum atomic E-state index is -1.01. The second-order valence-electron chi connectivity index (χ2n) is 5.93. The molecular formula is C15H22N6O4S. The molecule has 10 nitrogen and oxygen atoms in total. The number of nitrogens with zero attached hydrogens (tertiary/aromatic N) is 6. The summed E-state index contributed by atoms with van der Waals surface area (Å²) in [7, 11) is 1.48. The van der Waals surface area contributed by atoms with Crippen LogP contribution < -0.4 is 14.5 Å². The van der Waals surface area contributed by atoms with Crippen molar-refractivity contribution in [1.82, 2.24) is 19.9 Å². The lowest BCUT2D eigenvalue weighted by molar-refractivity contribution is 0.103. The van der Waals surface area contributed by atoms with Crippen LogP contribution in [-0.4, -0.2) is 78.9 Å². The number of anilines is 2. The highest BCUT2D eigenvalue weighted by atomic mass is 32.2. The van der Waals surface area contributed by atoms with Crippen LogP contribution in [0.25, 0.3) is 11.0 Å². The summed E-state index contributed by atoms with van der Waals surface area (Å²) in [4.78, 5) is 20.6. The van der Waals surface area contributed by atoms with E-state index in [1.807, 2.05) is 4.90 Å². The second-order valence-corrected chi connectivity index (χ2v) is 7.63. The number of methoxy groups -OCH3 is 1. The van der Waals surface area contributed by atoms with Crippen LogP contribution in [0.3, 0.4) is 0 Å². The van der Waals surface area contributed by atoms with E-state index in [1.54, 1.807) is 0 Å². The predicted octanol–water partition coefficient (Wildman–Crippen LogP) is -0.520. The summed E-state index contributed by atoms with van der Waals surface area (Å²) in [6.07, 6.45) is -0.647. The average Bonchev–Trinajstić information content (AvgIpc) is 2.60. The lowest BCUT2D eigenvalue weighted by Gasteiger charge is -2.32. The standard InChI is InChI=1S/C15H22N6O4S/c1-9(22)21(10(2)23)15-18-12-11(16-8-17-14(12)25-3)13(19-15)20-4-6-26(24)7-5-20/h8-10,22-23H,4-7H2,1-3H3. The van der Waals surface area contributed by atoms with E-state index in [2.05, 4.69) is 19.9 Å². The molecule has 2 unspecified atom stereocenters. The Hall–Kier alpha value is -1.95. The molecule has 0 saturated carbocycles. The van der Waals surface area contributed by atoms with Crippen molar-refractivity contribution in [2.75, 3.05) is 41.5 Å². The largest absolute Gasteiger partial charge is 0.616 e. The number of hydrogen-bond acceptors (Lipinski definition) is 10. The van der Waals surface area contributed by atoms with Gasteiger partial charge in [0.2, 0.25) is 11.8 Å². The number of aliphatic hydroxyl groups is 2. The highest BCUT2D eigenvalue weighted by Crippen LogP contribution is 2.30. The van der Waals surface area contributed by atoms with Gasteiger partial charge in [-0.05, 0) is 13.8 Å². The van der Waals surface area contributed by atoms with E-state index in [9.17, 15) is 14.8 Å². The summed E-state index contributed by atoms with van der Waals surface area (Å²) in [5, 5.41) is 20.1. The molecule has 3 heterocycles. The smallest absolute Gasteiger partial charge is 0.243 e. The van der Waals surface area contributed by atoms with Gasteiger partial charge in [0.1, 0.15) is 35.8 Å². The Labute approximate surface area is 154 Å². The van der Waals surface area contributed by atoms with Crippen molar-refractivity contribution >= 4 is 34.0 Å². The van der Waals surface area contributed by atoms with Crippen molar-refractivity contribution in [2.45, 2.75) is 26.3 Å². The van der Waals surface area contributed by atoms with E-state index >= 15 is 0 Å². The summed E-state index contributed by atoms with van der Waals surface area (Å²) >= 11 is -0.836. The molecule has 1 fully saturated rings.